The maximum Gasteiger partial charge on any atom is 0.0486 e. The zero-order valence-corrected chi connectivity index (χ0v) is 15.1. The van der Waals surface area contributed by atoms with Gasteiger partial charge in [0.05, 0.1) is 0 Å². The van der Waals surface area contributed by atoms with Crippen molar-refractivity contribution >= 4 is 22.5 Å². The molecule has 126 valence electrons. The summed E-state index contributed by atoms with van der Waals surface area (Å²) in [5.41, 5.74) is 3.82. The van der Waals surface area contributed by atoms with E-state index in [2.05, 4.69) is 65.4 Å². The zero-order valence-electron chi connectivity index (χ0n) is 14.3. The molecule has 0 saturated carbocycles. The van der Waals surface area contributed by atoms with Crippen LogP contribution in [0.25, 0.3) is 10.9 Å². The Morgan fingerprint density at radius 2 is 1.92 bits per heavy atom. The standard InChI is InChI=1S/C20H24ClN3/c1-23(2)11-10-22-13-17-15-24(20-9-4-3-8-19(17)20)14-16-6-5-7-18(21)12-16/h3-9,12,15,22H,10-11,13-14H2,1-2H3. The molecule has 2 aromatic carbocycles. The molecule has 0 saturated heterocycles. The van der Waals surface area contributed by atoms with E-state index in [1.54, 1.807) is 0 Å². The quantitative estimate of drug-likeness (QED) is 0.656. The van der Waals surface area contributed by atoms with E-state index in [4.69, 9.17) is 11.6 Å². The molecule has 0 aliphatic carbocycles. The lowest BCUT2D eigenvalue weighted by Crippen LogP contribution is -2.26. The molecule has 0 spiro atoms. The molecule has 0 fully saturated rings. The molecule has 3 aromatic rings. The van der Waals surface area contributed by atoms with E-state index in [0.717, 1.165) is 31.2 Å². The van der Waals surface area contributed by atoms with Crippen LogP contribution in [0.4, 0.5) is 0 Å². The fraction of sp³-hybridized carbons (Fsp3) is 0.300. The Labute approximate surface area is 148 Å². The van der Waals surface area contributed by atoms with Crippen molar-refractivity contribution in [2.45, 2.75) is 13.1 Å². The van der Waals surface area contributed by atoms with Gasteiger partial charge in [-0.05, 0) is 43.4 Å². The van der Waals surface area contributed by atoms with Crippen molar-refractivity contribution in [3.8, 4) is 0 Å². The number of likely N-dealkylation sites (N-methyl/N-ethyl adjacent to an activating group) is 1. The molecule has 0 aliphatic rings. The minimum Gasteiger partial charge on any atom is -0.343 e. The molecule has 3 nitrogen and oxygen atoms in total. The highest BCUT2D eigenvalue weighted by atomic mass is 35.5. The average Bonchev–Trinajstić information content (AvgIpc) is 2.90. The largest absolute Gasteiger partial charge is 0.343 e. The van der Waals surface area contributed by atoms with Gasteiger partial charge in [0, 0.05) is 48.3 Å². The van der Waals surface area contributed by atoms with Crippen LogP contribution >= 0.6 is 11.6 Å². The summed E-state index contributed by atoms with van der Waals surface area (Å²) in [6.07, 6.45) is 2.26. The van der Waals surface area contributed by atoms with Crippen LogP contribution in [0.3, 0.4) is 0 Å². The van der Waals surface area contributed by atoms with E-state index in [9.17, 15) is 0 Å². The predicted octanol–water partition coefficient (Wildman–Crippen LogP) is 3.99. The number of rotatable bonds is 7. The molecule has 1 aromatic heterocycles. The van der Waals surface area contributed by atoms with Gasteiger partial charge in [-0.25, -0.2) is 0 Å². The van der Waals surface area contributed by atoms with Gasteiger partial charge in [0.1, 0.15) is 0 Å². The number of hydrogen-bond acceptors (Lipinski definition) is 2. The second-order valence-corrected chi connectivity index (χ2v) is 6.85. The summed E-state index contributed by atoms with van der Waals surface area (Å²) in [7, 11) is 4.19. The van der Waals surface area contributed by atoms with Crippen LogP contribution in [0.2, 0.25) is 5.02 Å². The molecule has 24 heavy (non-hydrogen) atoms. The Balaban J connectivity index is 1.81. The maximum absolute atomic E-state index is 6.12. The summed E-state index contributed by atoms with van der Waals surface area (Å²) >= 11 is 6.12. The summed E-state index contributed by atoms with van der Waals surface area (Å²) in [4.78, 5) is 2.19. The fourth-order valence-corrected chi connectivity index (χ4v) is 3.17. The number of nitrogens with zero attached hydrogens (tertiary/aromatic N) is 2. The highest BCUT2D eigenvalue weighted by Crippen LogP contribution is 2.23. The predicted molar refractivity (Wildman–Crippen MR) is 103 cm³/mol. The molecular formula is C20H24ClN3. The summed E-state index contributed by atoms with van der Waals surface area (Å²) in [6, 6.07) is 16.7. The molecule has 0 bridgehead atoms. The van der Waals surface area contributed by atoms with Gasteiger partial charge in [0.2, 0.25) is 0 Å². The van der Waals surface area contributed by atoms with Crippen molar-refractivity contribution in [2.75, 3.05) is 27.2 Å². The first-order valence-corrected chi connectivity index (χ1v) is 8.68. The normalized spacial score (nSPS) is 11.5. The van der Waals surface area contributed by atoms with Gasteiger partial charge in [0.15, 0.2) is 0 Å². The van der Waals surface area contributed by atoms with Crippen LogP contribution in [-0.2, 0) is 13.1 Å². The minimum atomic E-state index is 0.787. The monoisotopic (exact) mass is 341 g/mol. The molecule has 0 aliphatic heterocycles. The van der Waals surface area contributed by atoms with Crippen molar-refractivity contribution in [2.24, 2.45) is 0 Å². The highest BCUT2D eigenvalue weighted by Gasteiger charge is 2.08. The SMILES string of the molecule is CN(C)CCNCc1cn(Cc2cccc(Cl)c2)c2ccccc12. The summed E-state index contributed by atoms with van der Waals surface area (Å²) in [6.45, 7) is 3.75. The molecule has 0 unspecified atom stereocenters. The number of fused-ring (bicyclic) bond motifs is 1. The molecule has 3 rings (SSSR count). The van der Waals surface area contributed by atoms with Gasteiger partial charge in [-0.1, -0.05) is 41.9 Å². The average molecular weight is 342 g/mol. The first-order chi connectivity index (χ1) is 11.6. The Hall–Kier alpha value is -1.81. The first-order valence-electron chi connectivity index (χ1n) is 8.30. The molecule has 0 atom stereocenters. The highest BCUT2D eigenvalue weighted by molar-refractivity contribution is 6.30. The topological polar surface area (TPSA) is 20.2 Å². The second-order valence-electron chi connectivity index (χ2n) is 6.41. The Bertz CT molecular complexity index is 808. The van der Waals surface area contributed by atoms with Crippen molar-refractivity contribution < 1.29 is 0 Å². The van der Waals surface area contributed by atoms with Gasteiger partial charge < -0.3 is 14.8 Å². The Morgan fingerprint density at radius 3 is 2.71 bits per heavy atom. The number of benzene rings is 2. The minimum absolute atomic E-state index is 0.787. The van der Waals surface area contributed by atoms with E-state index < -0.39 is 0 Å². The number of halogens is 1. The Morgan fingerprint density at radius 1 is 1.08 bits per heavy atom. The third kappa shape index (κ3) is 4.18. The lowest BCUT2D eigenvalue weighted by atomic mass is 10.2. The van der Waals surface area contributed by atoms with E-state index in [-0.39, 0.29) is 0 Å². The molecule has 0 amide bonds. The van der Waals surface area contributed by atoms with Crippen LogP contribution in [-0.4, -0.2) is 36.7 Å². The lowest BCUT2D eigenvalue weighted by Gasteiger charge is -2.09. The third-order valence-corrected chi connectivity index (χ3v) is 4.40. The molecule has 0 radical (unpaired) electrons. The van der Waals surface area contributed by atoms with Gasteiger partial charge in [-0.2, -0.15) is 0 Å². The first kappa shape index (κ1) is 17.0. The smallest absolute Gasteiger partial charge is 0.0486 e. The van der Waals surface area contributed by atoms with E-state index in [1.807, 2.05) is 18.2 Å². The van der Waals surface area contributed by atoms with Gasteiger partial charge >= 0.3 is 0 Å². The summed E-state index contributed by atoms with van der Waals surface area (Å²) < 4.78 is 2.31. The van der Waals surface area contributed by atoms with Gasteiger partial charge in [0.25, 0.3) is 0 Å². The fourth-order valence-electron chi connectivity index (χ4n) is 2.95. The van der Waals surface area contributed by atoms with Crippen LogP contribution in [0.5, 0.6) is 0 Å². The van der Waals surface area contributed by atoms with E-state index in [0.29, 0.717) is 0 Å². The molecular weight excluding hydrogens is 318 g/mol. The summed E-state index contributed by atoms with van der Waals surface area (Å²) in [5.74, 6) is 0. The zero-order chi connectivity index (χ0) is 16.9. The number of nitrogens with one attached hydrogen (secondary N) is 1. The third-order valence-electron chi connectivity index (χ3n) is 4.16. The number of para-hydroxylation sites is 1. The van der Waals surface area contributed by atoms with Crippen LogP contribution in [0.1, 0.15) is 11.1 Å². The second kappa shape index (κ2) is 7.84. The number of hydrogen-bond donors (Lipinski definition) is 1. The van der Waals surface area contributed by atoms with Crippen molar-refractivity contribution in [1.82, 2.24) is 14.8 Å². The molecule has 1 heterocycles. The molecule has 4 heteroatoms. The van der Waals surface area contributed by atoms with Crippen molar-refractivity contribution in [1.29, 1.82) is 0 Å². The lowest BCUT2D eigenvalue weighted by molar-refractivity contribution is 0.400. The van der Waals surface area contributed by atoms with E-state index in [1.165, 1.54) is 22.0 Å². The summed E-state index contributed by atoms with van der Waals surface area (Å²) in [5, 5.41) is 5.64. The number of aromatic nitrogens is 1. The van der Waals surface area contributed by atoms with Crippen LogP contribution < -0.4 is 5.32 Å². The van der Waals surface area contributed by atoms with Gasteiger partial charge in [-0.3, -0.25) is 0 Å². The van der Waals surface area contributed by atoms with Crippen molar-refractivity contribution in [3.63, 3.8) is 0 Å². The molecule has 1 N–H and O–H groups in total. The van der Waals surface area contributed by atoms with Crippen LogP contribution in [0, 0.1) is 0 Å². The van der Waals surface area contributed by atoms with E-state index >= 15 is 0 Å². The maximum atomic E-state index is 6.12. The van der Waals surface area contributed by atoms with Gasteiger partial charge in [-0.15, -0.1) is 0 Å². The van der Waals surface area contributed by atoms with Crippen LogP contribution in [0.15, 0.2) is 54.7 Å². The Kier molecular flexibility index (Phi) is 5.56. The van der Waals surface area contributed by atoms with Crippen molar-refractivity contribution in [3.05, 3.63) is 70.9 Å².